The van der Waals surface area contributed by atoms with Crippen LogP contribution in [0.15, 0.2) is 0 Å². The summed E-state index contributed by atoms with van der Waals surface area (Å²) in [6, 6.07) is 2.67. The molecular weight excluding hydrogens is 414 g/mol. The van der Waals surface area contributed by atoms with Crippen molar-refractivity contribution in [2.24, 2.45) is 33.5 Å². The van der Waals surface area contributed by atoms with E-state index < -0.39 is 5.79 Å². The van der Waals surface area contributed by atoms with Crippen molar-refractivity contribution in [3.8, 4) is 6.07 Å². The molecule has 0 aromatic heterocycles. The van der Waals surface area contributed by atoms with Gasteiger partial charge in [0, 0.05) is 31.1 Å². The van der Waals surface area contributed by atoms with Gasteiger partial charge in [-0.3, -0.25) is 4.79 Å². The van der Waals surface area contributed by atoms with Crippen LogP contribution in [0.1, 0.15) is 105 Å². The number of aldehydes is 1. The molecule has 0 radical (unpaired) electrons. The van der Waals surface area contributed by atoms with E-state index in [-0.39, 0.29) is 27.4 Å². The van der Waals surface area contributed by atoms with Gasteiger partial charge in [0.25, 0.3) is 0 Å². The van der Waals surface area contributed by atoms with E-state index in [1.54, 1.807) is 0 Å². The Morgan fingerprint density at radius 1 is 0.909 bits per heavy atom. The van der Waals surface area contributed by atoms with Crippen molar-refractivity contribution >= 4 is 12.1 Å². The topological polar surface area (TPSA) is 76.4 Å². The zero-order valence-corrected chi connectivity index (χ0v) is 21.2. The Labute approximate surface area is 200 Å². The molecule has 0 N–H and O–H groups in total. The molecule has 4 atom stereocenters. The maximum atomic E-state index is 11.5. The largest absolute Gasteiger partial charge is 0.347 e. The predicted molar refractivity (Wildman–Crippen MR) is 126 cm³/mol. The number of fused-ring (bicyclic) bond motifs is 2. The van der Waals surface area contributed by atoms with Crippen LogP contribution in [0.2, 0.25) is 0 Å². The van der Waals surface area contributed by atoms with Gasteiger partial charge in [0.1, 0.15) is 12.1 Å². The Bertz CT molecular complexity index is 805. The van der Waals surface area contributed by atoms with Crippen LogP contribution in [-0.2, 0) is 19.1 Å². The lowest BCUT2D eigenvalue weighted by atomic mass is 9.50. The summed E-state index contributed by atoms with van der Waals surface area (Å²) in [4.78, 5) is 22.9. The third-order valence-corrected chi connectivity index (χ3v) is 10.1. The lowest BCUT2D eigenvalue weighted by molar-refractivity contribution is -0.220. The number of Topliss-reactive ketones (excluding diaryl/α,β-unsaturated/α-hetero) is 1. The summed E-state index contributed by atoms with van der Waals surface area (Å²) in [6.45, 7) is 10.6. The van der Waals surface area contributed by atoms with Gasteiger partial charge in [-0.05, 0) is 61.2 Å². The number of nitriles is 1. The summed E-state index contributed by atoms with van der Waals surface area (Å²) >= 11 is 0. The van der Waals surface area contributed by atoms with Crippen molar-refractivity contribution in [1.29, 1.82) is 5.26 Å². The first kappa shape index (κ1) is 24.9. The van der Waals surface area contributed by atoms with E-state index in [1.807, 2.05) is 0 Å². The molecule has 0 amide bonds. The lowest BCUT2D eigenvalue weighted by Gasteiger charge is -2.55. The van der Waals surface area contributed by atoms with Crippen LogP contribution in [0.25, 0.3) is 0 Å². The summed E-state index contributed by atoms with van der Waals surface area (Å²) in [7, 11) is 0. The average molecular weight is 458 g/mol. The number of rotatable bonds is 1. The van der Waals surface area contributed by atoms with E-state index in [0.29, 0.717) is 37.9 Å². The molecule has 5 rings (SSSR count). The lowest BCUT2D eigenvalue weighted by Crippen LogP contribution is -2.52. The second kappa shape index (κ2) is 8.76. The molecule has 1 spiro atoms. The highest BCUT2D eigenvalue weighted by atomic mass is 16.7. The van der Waals surface area contributed by atoms with Crippen molar-refractivity contribution < 1.29 is 19.1 Å². The van der Waals surface area contributed by atoms with Gasteiger partial charge in [0.05, 0.1) is 24.7 Å². The van der Waals surface area contributed by atoms with Crippen molar-refractivity contribution in [3.63, 3.8) is 0 Å². The zero-order valence-electron chi connectivity index (χ0n) is 21.2. The van der Waals surface area contributed by atoms with Gasteiger partial charge in [0.2, 0.25) is 0 Å². The highest BCUT2D eigenvalue weighted by Gasteiger charge is 2.58. The summed E-state index contributed by atoms with van der Waals surface area (Å²) in [6.07, 6.45) is 12.7. The molecule has 33 heavy (non-hydrogen) atoms. The van der Waals surface area contributed by atoms with Crippen LogP contribution in [0, 0.1) is 44.8 Å². The molecule has 184 valence electrons. The normalized spacial score (nSPS) is 40.5. The van der Waals surface area contributed by atoms with Crippen LogP contribution in [0.3, 0.4) is 0 Å². The third-order valence-electron chi connectivity index (χ3n) is 10.1. The minimum Gasteiger partial charge on any atom is -0.347 e. The maximum Gasteiger partial charge on any atom is 0.170 e. The number of carbonyl (C=O) groups excluding carboxylic acids is 2. The number of ether oxygens (including phenoxy) is 2. The fourth-order valence-electron chi connectivity index (χ4n) is 8.52. The summed E-state index contributed by atoms with van der Waals surface area (Å²) in [5, 5.41) is 9.79. The zero-order chi connectivity index (χ0) is 24.0. The molecule has 5 fully saturated rings. The fourth-order valence-corrected chi connectivity index (χ4v) is 8.52. The molecule has 5 aliphatic rings. The molecule has 4 aliphatic carbocycles. The molecule has 5 nitrogen and oxygen atoms in total. The Balaban J connectivity index is 0.000000160. The van der Waals surface area contributed by atoms with Crippen molar-refractivity contribution in [1.82, 2.24) is 0 Å². The van der Waals surface area contributed by atoms with Crippen LogP contribution in [0.5, 0.6) is 0 Å². The van der Waals surface area contributed by atoms with Crippen LogP contribution >= 0.6 is 0 Å². The number of hydrogen-bond donors (Lipinski definition) is 0. The fraction of sp³-hybridized carbons (Fsp3) is 0.893. The summed E-state index contributed by atoms with van der Waals surface area (Å²) < 4.78 is 11.7. The highest BCUT2D eigenvalue weighted by molar-refractivity contribution is 5.84. The Morgan fingerprint density at radius 2 is 1.55 bits per heavy atom. The smallest absolute Gasteiger partial charge is 0.170 e. The van der Waals surface area contributed by atoms with E-state index in [2.05, 4.69) is 33.8 Å². The minimum atomic E-state index is -0.431. The minimum absolute atomic E-state index is 0.218. The van der Waals surface area contributed by atoms with Crippen LogP contribution in [-0.4, -0.2) is 31.1 Å². The predicted octanol–water partition coefficient (Wildman–Crippen LogP) is 6.00. The first-order chi connectivity index (χ1) is 15.5. The Kier molecular flexibility index (Phi) is 6.60. The van der Waals surface area contributed by atoms with E-state index in [4.69, 9.17) is 9.47 Å². The third kappa shape index (κ3) is 4.43. The highest BCUT2D eigenvalue weighted by Crippen LogP contribution is 2.60. The van der Waals surface area contributed by atoms with E-state index in [9.17, 15) is 14.9 Å². The van der Waals surface area contributed by atoms with Gasteiger partial charge in [-0.2, -0.15) is 5.26 Å². The first-order valence-corrected chi connectivity index (χ1v) is 13.2. The van der Waals surface area contributed by atoms with Gasteiger partial charge in [-0.15, -0.1) is 0 Å². The molecule has 0 aromatic rings. The van der Waals surface area contributed by atoms with E-state index in [1.165, 1.54) is 12.8 Å². The van der Waals surface area contributed by atoms with Gasteiger partial charge in [-0.1, -0.05) is 40.5 Å². The second-order valence-corrected chi connectivity index (χ2v) is 13.0. The molecular formula is C28H43NO4. The molecule has 1 aliphatic heterocycles. The van der Waals surface area contributed by atoms with Gasteiger partial charge >= 0.3 is 0 Å². The molecule has 5 heteroatoms. The van der Waals surface area contributed by atoms with Crippen LogP contribution in [0.4, 0.5) is 0 Å². The Hall–Kier alpha value is -1.25. The van der Waals surface area contributed by atoms with Gasteiger partial charge in [-0.25, -0.2) is 0 Å². The number of hydrogen-bond acceptors (Lipinski definition) is 5. The number of carbonyl (C=O) groups is 2. The van der Waals surface area contributed by atoms with Crippen molar-refractivity contribution in [2.75, 3.05) is 13.2 Å². The van der Waals surface area contributed by atoms with E-state index >= 15 is 0 Å². The molecule has 0 aromatic carbocycles. The number of ketones is 1. The monoisotopic (exact) mass is 457 g/mol. The average Bonchev–Trinajstić information content (AvgIpc) is 3.20. The maximum absolute atomic E-state index is 11.5. The molecule has 1 heterocycles. The molecule has 4 saturated carbocycles. The first-order valence-electron chi connectivity index (χ1n) is 13.2. The van der Waals surface area contributed by atoms with Crippen LogP contribution < -0.4 is 0 Å². The quantitative estimate of drug-likeness (QED) is 0.451. The SMILES string of the molecule is CC1(C)CCCC2(C=O)CC(=O)CCC12.CC1(C)CCC[C@]2(C#N)CC3(CC[C@@H]12)OCCO3. The van der Waals surface area contributed by atoms with E-state index in [0.717, 1.165) is 57.7 Å². The van der Waals surface area contributed by atoms with Crippen molar-refractivity contribution in [2.45, 2.75) is 111 Å². The van der Waals surface area contributed by atoms with Crippen molar-refractivity contribution in [3.05, 3.63) is 0 Å². The Morgan fingerprint density at radius 3 is 2.18 bits per heavy atom. The standard InChI is InChI=1S/C15H23NO2.C13H20O2/c1-13(2)5-3-6-14(11-16)10-15(7-4-12(13)14)17-8-9-18-15;1-12(2)6-3-7-13(9-14)8-10(15)4-5-11(12)13/h12H,3-10H2,1-2H3;9,11H,3-8H2,1-2H3/t12-,14+;/m0./s1. The number of nitrogens with zero attached hydrogens (tertiary/aromatic N) is 1. The molecule has 2 unspecified atom stereocenters. The molecule has 1 saturated heterocycles. The summed E-state index contributed by atoms with van der Waals surface area (Å²) in [5.74, 6) is 0.784. The molecule has 0 bridgehead atoms. The van der Waals surface area contributed by atoms with Gasteiger partial charge in [0.15, 0.2) is 5.79 Å². The van der Waals surface area contributed by atoms with Gasteiger partial charge < -0.3 is 14.3 Å². The second-order valence-electron chi connectivity index (χ2n) is 13.0. The summed E-state index contributed by atoms with van der Waals surface area (Å²) in [5.41, 5.74) is -0.00449.